The van der Waals surface area contributed by atoms with Gasteiger partial charge in [0.25, 0.3) is 0 Å². The molecular formula is C6H11N3S2. The van der Waals surface area contributed by atoms with Crippen molar-refractivity contribution < 1.29 is 0 Å². The molecule has 0 radical (unpaired) electrons. The van der Waals surface area contributed by atoms with E-state index in [-0.39, 0.29) is 0 Å². The van der Waals surface area contributed by atoms with Crippen LogP contribution in [0.5, 0.6) is 0 Å². The van der Waals surface area contributed by atoms with Crippen molar-refractivity contribution in [3.8, 4) is 0 Å². The zero-order valence-electron chi connectivity index (χ0n) is 6.63. The molecule has 0 bridgehead atoms. The van der Waals surface area contributed by atoms with Crippen molar-refractivity contribution in [2.24, 2.45) is 7.05 Å². The lowest BCUT2D eigenvalue weighted by Gasteiger charge is -1.91. The van der Waals surface area contributed by atoms with Crippen LogP contribution in [0.25, 0.3) is 0 Å². The summed E-state index contributed by atoms with van der Waals surface area (Å²) in [5.74, 6) is 2.06. The van der Waals surface area contributed by atoms with Gasteiger partial charge < -0.3 is 0 Å². The molecule has 62 valence electrons. The second kappa shape index (κ2) is 3.92. The second-order valence-corrected chi connectivity index (χ2v) is 3.61. The Labute approximate surface area is 75.2 Å². The average molecular weight is 189 g/mol. The maximum Gasteiger partial charge on any atom is 0.215 e. The Morgan fingerprint density at radius 3 is 2.91 bits per heavy atom. The first kappa shape index (κ1) is 8.80. The van der Waals surface area contributed by atoms with Gasteiger partial charge in [0.2, 0.25) is 4.77 Å². The summed E-state index contributed by atoms with van der Waals surface area (Å²) in [4.78, 5) is 4.16. The number of H-pyrrole nitrogens is 1. The van der Waals surface area contributed by atoms with Crippen LogP contribution in [0.2, 0.25) is 0 Å². The van der Waals surface area contributed by atoms with E-state index in [1.54, 1.807) is 4.68 Å². The Balaban J connectivity index is 2.65. The molecule has 0 saturated carbocycles. The molecule has 0 saturated heterocycles. The van der Waals surface area contributed by atoms with Crippen molar-refractivity contribution in [3.63, 3.8) is 0 Å². The highest BCUT2D eigenvalue weighted by Crippen LogP contribution is 1.98. The summed E-state index contributed by atoms with van der Waals surface area (Å²) in [7, 11) is 1.87. The summed E-state index contributed by atoms with van der Waals surface area (Å²) in [6.45, 7) is 0. The summed E-state index contributed by atoms with van der Waals surface area (Å²) in [5, 5.41) is 3.07. The number of rotatable bonds is 3. The summed E-state index contributed by atoms with van der Waals surface area (Å²) in [5.41, 5.74) is 0. The lowest BCUT2D eigenvalue weighted by atomic mass is 10.5. The zero-order valence-corrected chi connectivity index (χ0v) is 8.26. The smallest absolute Gasteiger partial charge is 0.215 e. The molecule has 0 amide bonds. The fourth-order valence-corrected chi connectivity index (χ4v) is 1.32. The third-order valence-electron chi connectivity index (χ3n) is 1.36. The van der Waals surface area contributed by atoms with Gasteiger partial charge in [0.1, 0.15) is 5.82 Å². The van der Waals surface area contributed by atoms with Gasteiger partial charge in [0, 0.05) is 19.2 Å². The molecule has 0 aliphatic rings. The average Bonchev–Trinajstić information content (AvgIpc) is 2.28. The first-order valence-electron chi connectivity index (χ1n) is 3.35. The van der Waals surface area contributed by atoms with E-state index in [9.17, 15) is 0 Å². The maximum atomic E-state index is 4.94. The van der Waals surface area contributed by atoms with Crippen LogP contribution in [0.1, 0.15) is 5.82 Å². The third kappa shape index (κ3) is 2.34. The van der Waals surface area contributed by atoms with Crippen LogP contribution in [0.3, 0.4) is 0 Å². The molecule has 3 nitrogen and oxygen atoms in total. The highest BCUT2D eigenvalue weighted by atomic mass is 32.2. The van der Waals surface area contributed by atoms with Gasteiger partial charge in [-0.15, -0.1) is 0 Å². The molecule has 1 heterocycles. The van der Waals surface area contributed by atoms with Gasteiger partial charge >= 0.3 is 0 Å². The van der Waals surface area contributed by atoms with Crippen LogP contribution in [0.15, 0.2) is 0 Å². The molecule has 0 fully saturated rings. The molecule has 1 rings (SSSR count). The van der Waals surface area contributed by atoms with Crippen molar-refractivity contribution in [2.75, 3.05) is 12.0 Å². The Bertz CT molecular complexity index is 276. The number of thioether (sulfide) groups is 1. The molecule has 0 aromatic carbocycles. The summed E-state index contributed by atoms with van der Waals surface area (Å²) in [6.07, 6.45) is 3.04. The van der Waals surface area contributed by atoms with Crippen LogP contribution in [0, 0.1) is 4.77 Å². The quantitative estimate of drug-likeness (QED) is 0.729. The van der Waals surface area contributed by atoms with Gasteiger partial charge in [-0.3, -0.25) is 9.78 Å². The zero-order chi connectivity index (χ0) is 8.27. The Morgan fingerprint density at radius 1 is 1.73 bits per heavy atom. The minimum Gasteiger partial charge on any atom is -0.283 e. The predicted octanol–water partition coefficient (Wildman–Crippen LogP) is 1.38. The Kier molecular flexibility index (Phi) is 3.14. The predicted molar refractivity (Wildman–Crippen MR) is 50.5 cm³/mol. The van der Waals surface area contributed by atoms with Gasteiger partial charge in [0.15, 0.2) is 0 Å². The number of hydrogen-bond acceptors (Lipinski definition) is 3. The van der Waals surface area contributed by atoms with E-state index in [2.05, 4.69) is 16.3 Å². The fraction of sp³-hybridized carbons (Fsp3) is 0.667. The van der Waals surface area contributed by atoms with E-state index in [1.165, 1.54) is 0 Å². The molecule has 0 spiro atoms. The maximum absolute atomic E-state index is 4.94. The van der Waals surface area contributed by atoms with E-state index < -0.39 is 0 Å². The lowest BCUT2D eigenvalue weighted by molar-refractivity contribution is 0.738. The summed E-state index contributed by atoms with van der Waals surface area (Å²) >= 11 is 6.75. The van der Waals surface area contributed by atoms with E-state index in [0.29, 0.717) is 4.77 Å². The van der Waals surface area contributed by atoms with Crippen LogP contribution < -0.4 is 0 Å². The first-order chi connectivity index (χ1) is 5.24. The third-order valence-corrected chi connectivity index (χ3v) is 2.33. The topological polar surface area (TPSA) is 33.6 Å². The highest BCUT2D eigenvalue weighted by molar-refractivity contribution is 7.98. The summed E-state index contributed by atoms with van der Waals surface area (Å²) in [6, 6.07) is 0. The number of nitrogens with one attached hydrogen (secondary N) is 1. The molecule has 1 aromatic rings. The van der Waals surface area contributed by atoms with Crippen molar-refractivity contribution in [1.82, 2.24) is 14.8 Å². The molecule has 5 heteroatoms. The molecule has 11 heavy (non-hydrogen) atoms. The van der Waals surface area contributed by atoms with Crippen LogP contribution in [-0.2, 0) is 13.5 Å². The standard InChI is InChI=1S/C6H11N3S2/c1-9-6(10)7-5(8-9)3-4-11-2/h3-4H2,1-2H3,(H,7,8,10). The minimum atomic E-state index is 0.626. The number of aromatic amines is 1. The van der Waals surface area contributed by atoms with Gasteiger partial charge in [0.05, 0.1) is 0 Å². The first-order valence-corrected chi connectivity index (χ1v) is 5.15. The molecule has 0 aliphatic carbocycles. The molecule has 1 N–H and O–H groups in total. The molecule has 0 unspecified atom stereocenters. The van der Waals surface area contributed by atoms with Crippen LogP contribution in [0.4, 0.5) is 0 Å². The number of aryl methyl sites for hydroxylation is 2. The second-order valence-electron chi connectivity index (χ2n) is 2.25. The number of aromatic nitrogens is 3. The summed E-state index contributed by atoms with van der Waals surface area (Å²) < 4.78 is 2.38. The monoisotopic (exact) mass is 189 g/mol. The van der Waals surface area contributed by atoms with Crippen molar-refractivity contribution in [1.29, 1.82) is 0 Å². The van der Waals surface area contributed by atoms with Crippen molar-refractivity contribution >= 4 is 24.0 Å². The fourth-order valence-electron chi connectivity index (χ4n) is 0.767. The van der Waals surface area contributed by atoms with Gasteiger partial charge in [-0.25, -0.2) is 4.98 Å². The molecule has 1 aromatic heterocycles. The molecular weight excluding hydrogens is 178 g/mol. The van der Waals surface area contributed by atoms with Gasteiger partial charge in [-0.05, 0) is 18.5 Å². The largest absolute Gasteiger partial charge is 0.283 e. The molecule has 0 atom stereocenters. The van der Waals surface area contributed by atoms with E-state index >= 15 is 0 Å². The highest BCUT2D eigenvalue weighted by Gasteiger charge is 1.96. The van der Waals surface area contributed by atoms with E-state index in [0.717, 1.165) is 18.0 Å². The Hall–Kier alpha value is -0.290. The van der Waals surface area contributed by atoms with Crippen LogP contribution in [-0.4, -0.2) is 26.8 Å². The van der Waals surface area contributed by atoms with Crippen LogP contribution >= 0.6 is 24.0 Å². The van der Waals surface area contributed by atoms with E-state index in [4.69, 9.17) is 12.2 Å². The minimum absolute atomic E-state index is 0.626. The SMILES string of the molecule is CSCCc1nc(=S)n(C)[nH]1. The Morgan fingerprint density at radius 2 is 2.45 bits per heavy atom. The van der Waals surface area contributed by atoms with E-state index in [1.807, 2.05) is 18.8 Å². The number of nitrogens with zero attached hydrogens (tertiary/aromatic N) is 2. The van der Waals surface area contributed by atoms with Gasteiger partial charge in [-0.1, -0.05) is 0 Å². The molecule has 0 aliphatic heterocycles. The van der Waals surface area contributed by atoms with Crippen molar-refractivity contribution in [3.05, 3.63) is 10.6 Å². The lowest BCUT2D eigenvalue weighted by Crippen LogP contribution is -1.93. The van der Waals surface area contributed by atoms with Crippen molar-refractivity contribution in [2.45, 2.75) is 6.42 Å². The number of hydrogen-bond donors (Lipinski definition) is 1. The normalized spacial score (nSPS) is 10.4. The van der Waals surface area contributed by atoms with Gasteiger partial charge in [-0.2, -0.15) is 11.8 Å².